The highest BCUT2D eigenvalue weighted by Gasteiger charge is 2.21. The van der Waals surface area contributed by atoms with Crippen LogP contribution in [-0.2, 0) is 0 Å². The molecule has 1 aliphatic heterocycles. The van der Waals surface area contributed by atoms with Crippen molar-refractivity contribution in [1.82, 2.24) is 15.2 Å². The van der Waals surface area contributed by atoms with Crippen LogP contribution in [0.1, 0.15) is 36.5 Å². The number of rotatable bonds is 5. The molecule has 0 unspecified atom stereocenters. The molecule has 0 bridgehead atoms. The summed E-state index contributed by atoms with van der Waals surface area (Å²) >= 11 is 0. The van der Waals surface area contributed by atoms with Crippen molar-refractivity contribution < 1.29 is 4.79 Å². The van der Waals surface area contributed by atoms with Gasteiger partial charge in [-0.25, -0.2) is 0 Å². The lowest BCUT2D eigenvalue weighted by atomic mass is 9.97. The monoisotopic (exact) mass is 261 g/mol. The van der Waals surface area contributed by atoms with Crippen LogP contribution in [0.5, 0.6) is 0 Å². The highest BCUT2D eigenvalue weighted by atomic mass is 16.2. The second-order valence-corrected chi connectivity index (χ2v) is 5.18. The first kappa shape index (κ1) is 14.0. The molecule has 104 valence electrons. The molecule has 1 aromatic rings. The van der Waals surface area contributed by atoms with Crippen LogP contribution in [-0.4, -0.2) is 42.0 Å². The molecule has 4 heteroatoms. The maximum Gasteiger partial charge on any atom is 0.253 e. The molecule has 1 fully saturated rings. The number of hydrogen-bond acceptors (Lipinski definition) is 3. The van der Waals surface area contributed by atoms with E-state index in [0.29, 0.717) is 5.92 Å². The Kier molecular flexibility index (Phi) is 5.33. The second-order valence-electron chi connectivity index (χ2n) is 5.18. The van der Waals surface area contributed by atoms with E-state index in [1.54, 1.807) is 24.5 Å². The molecule has 2 rings (SSSR count). The first-order valence-corrected chi connectivity index (χ1v) is 7.21. The summed E-state index contributed by atoms with van der Waals surface area (Å²) in [7, 11) is 0. The SMILES string of the molecule is CCCN(CC1CCNCC1)C(=O)c1ccncc1. The third-order valence-corrected chi connectivity index (χ3v) is 3.65. The van der Waals surface area contributed by atoms with Crippen LogP contribution in [0.15, 0.2) is 24.5 Å². The normalized spacial score (nSPS) is 16.3. The van der Waals surface area contributed by atoms with Gasteiger partial charge in [0.1, 0.15) is 0 Å². The number of nitrogens with zero attached hydrogens (tertiary/aromatic N) is 2. The van der Waals surface area contributed by atoms with E-state index in [-0.39, 0.29) is 5.91 Å². The number of piperidine rings is 1. The molecule has 0 atom stereocenters. The Balaban J connectivity index is 2.00. The molecule has 2 heterocycles. The summed E-state index contributed by atoms with van der Waals surface area (Å²) in [4.78, 5) is 18.5. The van der Waals surface area contributed by atoms with Crippen molar-refractivity contribution in [2.45, 2.75) is 26.2 Å². The summed E-state index contributed by atoms with van der Waals surface area (Å²) in [5, 5.41) is 3.37. The summed E-state index contributed by atoms with van der Waals surface area (Å²) in [5.41, 5.74) is 0.748. The number of pyridine rings is 1. The predicted molar refractivity (Wildman–Crippen MR) is 76.0 cm³/mol. The highest BCUT2D eigenvalue weighted by molar-refractivity contribution is 5.94. The molecule has 1 N–H and O–H groups in total. The molecule has 1 aliphatic rings. The van der Waals surface area contributed by atoms with Crippen molar-refractivity contribution in [1.29, 1.82) is 0 Å². The largest absolute Gasteiger partial charge is 0.338 e. The lowest BCUT2D eigenvalue weighted by Crippen LogP contribution is -2.39. The molecule has 0 radical (unpaired) electrons. The van der Waals surface area contributed by atoms with Gasteiger partial charge < -0.3 is 10.2 Å². The Labute approximate surface area is 115 Å². The van der Waals surface area contributed by atoms with Gasteiger partial charge in [0.15, 0.2) is 0 Å². The maximum absolute atomic E-state index is 12.5. The zero-order valence-corrected chi connectivity index (χ0v) is 11.6. The molecule has 1 aromatic heterocycles. The molecule has 4 nitrogen and oxygen atoms in total. The van der Waals surface area contributed by atoms with E-state index in [2.05, 4.69) is 17.2 Å². The highest BCUT2D eigenvalue weighted by Crippen LogP contribution is 2.15. The minimum Gasteiger partial charge on any atom is -0.338 e. The van der Waals surface area contributed by atoms with Crippen molar-refractivity contribution in [3.05, 3.63) is 30.1 Å². The van der Waals surface area contributed by atoms with E-state index in [1.165, 1.54) is 12.8 Å². The molecule has 0 aromatic carbocycles. The Hall–Kier alpha value is -1.42. The fraction of sp³-hybridized carbons (Fsp3) is 0.600. The number of nitrogens with one attached hydrogen (secondary N) is 1. The quantitative estimate of drug-likeness (QED) is 0.881. The van der Waals surface area contributed by atoms with E-state index < -0.39 is 0 Å². The third-order valence-electron chi connectivity index (χ3n) is 3.65. The maximum atomic E-state index is 12.5. The van der Waals surface area contributed by atoms with E-state index in [1.807, 2.05) is 4.90 Å². The number of hydrogen-bond donors (Lipinski definition) is 1. The van der Waals surface area contributed by atoms with Crippen LogP contribution in [0, 0.1) is 5.92 Å². The standard InChI is InChI=1S/C15H23N3O/c1-2-11-18(12-13-3-7-16-8-4-13)15(19)14-5-9-17-10-6-14/h5-6,9-10,13,16H,2-4,7-8,11-12H2,1H3. The average Bonchev–Trinajstić information content (AvgIpc) is 2.48. The van der Waals surface area contributed by atoms with Crippen LogP contribution in [0.2, 0.25) is 0 Å². The number of aromatic nitrogens is 1. The van der Waals surface area contributed by atoms with Gasteiger partial charge in [-0.1, -0.05) is 6.92 Å². The molecule has 0 spiro atoms. The summed E-state index contributed by atoms with van der Waals surface area (Å²) in [6, 6.07) is 3.60. The van der Waals surface area contributed by atoms with E-state index in [0.717, 1.165) is 38.2 Å². The van der Waals surface area contributed by atoms with Gasteiger partial charge in [0, 0.05) is 31.0 Å². The summed E-state index contributed by atoms with van der Waals surface area (Å²) in [6.45, 7) is 6.00. The van der Waals surface area contributed by atoms with E-state index in [4.69, 9.17) is 0 Å². The number of amides is 1. The molecule has 1 amide bonds. The van der Waals surface area contributed by atoms with Crippen molar-refractivity contribution in [3.63, 3.8) is 0 Å². The van der Waals surface area contributed by atoms with Crippen molar-refractivity contribution in [3.8, 4) is 0 Å². The first-order chi connectivity index (χ1) is 9.31. The molecule has 0 saturated carbocycles. The fourth-order valence-corrected chi connectivity index (χ4v) is 2.60. The first-order valence-electron chi connectivity index (χ1n) is 7.21. The number of carbonyl (C=O) groups excluding carboxylic acids is 1. The number of carbonyl (C=O) groups is 1. The predicted octanol–water partition coefficient (Wildman–Crippen LogP) is 1.93. The second kappa shape index (κ2) is 7.24. The molecule has 19 heavy (non-hydrogen) atoms. The van der Waals surface area contributed by atoms with Gasteiger partial charge >= 0.3 is 0 Å². The van der Waals surface area contributed by atoms with Crippen molar-refractivity contribution in [2.75, 3.05) is 26.2 Å². The lowest BCUT2D eigenvalue weighted by Gasteiger charge is -2.30. The van der Waals surface area contributed by atoms with E-state index in [9.17, 15) is 4.79 Å². The zero-order chi connectivity index (χ0) is 13.5. The van der Waals surface area contributed by atoms with E-state index >= 15 is 0 Å². The Morgan fingerprint density at radius 3 is 2.68 bits per heavy atom. The molecule has 1 saturated heterocycles. The summed E-state index contributed by atoms with van der Waals surface area (Å²) in [6.07, 6.45) is 6.71. The summed E-state index contributed by atoms with van der Waals surface area (Å²) in [5.74, 6) is 0.779. The van der Waals surface area contributed by atoms with Gasteiger partial charge in [0.05, 0.1) is 0 Å². The molecular formula is C15H23N3O. The Bertz CT molecular complexity index is 388. The van der Waals surface area contributed by atoms with Crippen LogP contribution >= 0.6 is 0 Å². The van der Waals surface area contributed by atoms with Crippen LogP contribution < -0.4 is 5.32 Å². The smallest absolute Gasteiger partial charge is 0.253 e. The van der Waals surface area contributed by atoms with Crippen molar-refractivity contribution in [2.24, 2.45) is 5.92 Å². The van der Waals surface area contributed by atoms with Gasteiger partial charge in [-0.05, 0) is 50.4 Å². The fourth-order valence-electron chi connectivity index (χ4n) is 2.60. The molecular weight excluding hydrogens is 238 g/mol. The van der Waals surface area contributed by atoms with Gasteiger partial charge in [-0.15, -0.1) is 0 Å². The minimum atomic E-state index is 0.141. The van der Waals surface area contributed by atoms with Gasteiger partial charge in [0.25, 0.3) is 5.91 Å². The summed E-state index contributed by atoms with van der Waals surface area (Å²) < 4.78 is 0. The van der Waals surface area contributed by atoms with Crippen LogP contribution in [0.4, 0.5) is 0 Å². The zero-order valence-electron chi connectivity index (χ0n) is 11.6. The van der Waals surface area contributed by atoms with Crippen LogP contribution in [0.3, 0.4) is 0 Å². The van der Waals surface area contributed by atoms with Gasteiger partial charge in [0.2, 0.25) is 0 Å². The minimum absolute atomic E-state index is 0.141. The topological polar surface area (TPSA) is 45.2 Å². The van der Waals surface area contributed by atoms with Crippen molar-refractivity contribution >= 4 is 5.91 Å². The Morgan fingerprint density at radius 2 is 2.05 bits per heavy atom. The average molecular weight is 261 g/mol. The van der Waals surface area contributed by atoms with Gasteiger partial charge in [-0.2, -0.15) is 0 Å². The Morgan fingerprint density at radius 1 is 1.37 bits per heavy atom. The molecule has 0 aliphatic carbocycles. The lowest BCUT2D eigenvalue weighted by molar-refractivity contribution is 0.0716. The third kappa shape index (κ3) is 4.03. The van der Waals surface area contributed by atoms with Crippen LogP contribution in [0.25, 0.3) is 0 Å². The van der Waals surface area contributed by atoms with Gasteiger partial charge in [-0.3, -0.25) is 9.78 Å².